The quantitative estimate of drug-likeness (QED) is 0.139. The number of hydrogen-bond acceptors (Lipinski definition) is 9. The zero-order valence-electron chi connectivity index (χ0n) is 29.3. The van der Waals surface area contributed by atoms with Crippen molar-refractivity contribution < 1.29 is 23.8 Å². The molecule has 2 N–H and O–H groups in total. The molecule has 2 fully saturated rings. The first-order valence-corrected chi connectivity index (χ1v) is 18.0. The second-order valence-electron chi connectivity index (χ2n) is 12.9. The van der Waals surface area contributed by atoms with E-state index in [4.69, 9.17) is 25.8 Å². The van der Waals surface area contributed by atoms with E-state index in [-0.39, 0.29) is 40.5 Å². The number of ether oxygens (including phenoxy) is 3. The predicted octanol–water partition coefficient (Wildman–Crippen LogP) is 7.19. The van der Waals surface area contributed by atoms with E-state index in [9.17, 15) is 9.59 Å². The zero-order chi connectivity index (χ0) is 35.6. The van der Waals surface area contributed by atoms with E-state index in [2.05, 4.69) is 25.5 Å². The van der Waals surface area contributed by atoms with Crippen molar-refractivity contribution in [3.63, 3.8) is 0 Å². The molecule has 0 spiro atoms. The SMILES string of the molecule is Cc1cccc(C)c1NC(=O)c1cnc(Nc2cccc(OCCCN3CCCCC3)c2)nc1Oc1ccc(CC(=O)N2CCOCC2)cc1Cl. The summed E-state index contributed by atoms with van der Waals surface area (Å²) in [6.07, 6.45) is 6.47. The third-order valence-electron chi connectivity index (χ3n) is 9.07. The molecule has 0 bridgehead atoms. The molecule has 2 saturated heterocycles. The lowest BCUT2D eigenvalue weighted by Crippen LogP contribution is -2.41. The standard InChI is InChI=1S/C39H45ClN6O5/c1-27-9-6-10-28(2)36(27)43-37(48)32-26-41-39(42-30-11-7-12-31(25-30)50-20-8-17-45-15-4-3-5-16-45)44-38(32)51-34-14-13-29(23-33(34)40)24-35(47)46-18-21-49-22-19-46/h6-7,9-14,23,25-26H,3-5,8,15-22,24H2,1-2H3,(H,43,48)(H,41,42,44). The molecular weight excluding hydrogens is 668 g/mol. The molecule has 0 atom stereocenters. The Morgan fingerprint density at radius 3 is 2.47 bits per heavy atom. The summed E-state index contributed by atoms with van der Waals surface area (Å²) in [6, 6.07) is 18.6. The van der Waals surface area contributed by atoms with E-state index in [0.717, 1.165) is 41.1 Å². The number of carbonyl (C=O) groups is 2. The van der Waals surface area contributed by atoms with E-state index in [1.54, 1.807) is 23.1 Å². The number of rotatable bonds is 13. The smallest absolute Gasteiger partial charge is 0.262 e. The molecule has 3 aromatic carbocycles. The number of piperidine rings is 1. The minimum Gasteiger partial charge on any atom is -0.493 e. The number of aryl methyl sites for hydroxylation is 2. The van der Waals surface area contributed by atoms with Crippen LogP contribution in [0.15, 0.2) is 66.9 Å². The highest BCUT2D eigenvalue weighted by molar-refractivity contribution is 6.32. The maximum atomic E-state index is 13.7. The topological polar surface area (TPSA) is 118 Å². The van der Waals surface area contributed by atoms with Gasteiger partial charge in [-0.3, -0.25) is 9.59 Å². The molecule has 2 amide bonds. The molecule has 2 aliphatic rings. The summed E-state index contributed by atoms with van der Waals surface area (Å²) in [4.78, 5) is 39.9. The van der Waals surface area contributed by atoms with Gasteiger partial charge in [0.15, 0.2) is 0 Å². The van der Waals surface area contributed by atoms with E-state index in [0.29, 0.717) is 38.6 Å². The molecular formula is C39H45ClN6O5. The Bertz CT molecular complexity index is 1810. The van der Waals surface area contributed by atoms with Crippen molar-refractivity contribution in [2.75, 3.05) is 63.2 Å². The maximum Gasteiger partial charge on any atom is 0.262 e. The second-order valence-corrected chi connectivity index (χ2v) is 13.3. The summed E-state index contributed by atoms with van der Waals surface area (Å²) in [6.45, 7) is 10.1. The van der Waals surface area contributed by atoms with Gasteiger partial charge in [0.2, 0.25) is 17.7 Å². The molecule has 0 saturated carbocycles. The average molecular weight is 713 g/mol. The highest BCUT2D eigenvalue weighted by atomic mass is 35.5. The van der Waals surface area contributed by atoms with Crippen molar-refractivity contribution >= 4 is 40.7 Å². The molecule has 6 rings (SSSR count). The van der Waals surface area contributed by atoms with Gasteiger partial charge in [0, 0.05) is 43.3 Å². The van der Waals surface area contributed by atoms with E-state index in [1.165, 1.54) is 38.5 Å². The number of para-hydroxylation sites is 1. The molecule has 12 heteroatoms. The Hall–Kier alpha value is -4.71. The van der Waals surface area contributed by atoms with Crippen LogP contribution in [0, 0.1) is 13.8 Å². The van der Waals surface area contributed by atoms with Gasteiger partial charge in [-0.2, -0.15) is 4.98 Å². The molecule has 2 aliphatic heterocycles. The third kappa shape index (κ3) is 9.96. The fourth-order valence-electron chi connectivity index (χ4n) is 6.25. The van der Waals surface area contributed by atoms with Crippen molar-refractivity contribution in [1.82, 2.24) is 19.8 Å². The van der Waals surface area contributed by atoms with Crippen LogP contribution in [-0.2, 0) is 16.0 Å². The second kappa shape index (κ2) is 17.5. The van der Waals surface area contributed by atoms with Crippen LogP contribution in [0.1, 0.15) is 52.7 Å². The Kier molecular flexibility index (Phi) is 12.4. The molecule has 3 heterocycles. The number of nitrogens with zero attached hydrogens (tertiary/aromatic N) is 4. The number of benzene rings is 3. The number of morpholine rings is 1. The summed E-state index contributed by atoms with van der Waals surface area (Å²) >= 11 is 6.69. The Morgan fingerprint density at radius 2 is 1.71 bits per heavy atom. The normalized spacial score (nSPS) is 14.9. The molecule has 11 nitrogen and oxygen atoms in total. The molecule has 1 aromatic heterocycles. The fourth-order valence-corrected chi connectivity index (χ4v) is 6.49. The van der Waals surface area contributed by atoms with Gasteiger partial charge in [-0.1, -0.05) is 48.4 Å². The predicted molar refractivity (Wildman–Crippen MR) is 199 cm³/mol. The fraction of sp³-hybridized carbons (Fsp3) is 0.385. The number of likely N-dealkylation sites (tertiary alicyclic amines) is 1. The van der Waals surface area contributed by atoms with Crippen LogP contribution in [0.5, 0.6) is 17.4 Å². The minimum atomic E-state index is -0.433. The van der Waals surface area contributed by atoms with Crippen molar-refractivity contribution in [3.8, 4) is 17.4 Å². The number of amides is 2. The van der Waals surface area contributed by atoms with Crippen LogP contribution >= 0.6 is 11.6 Å². The first-order valence-electron chi connectivity index (χ1n) is 17.6. The molecule has 0 aliphatic carbocycles. The van der Waals surface area contributed by atoms with Crippen molar-refractivity contribution in [3.05, 3.63) is 94.1 Å². The van der Waals surface area contributed by atoms with E-state index < -0.39 is 5.91 Å². The summed E-state index contributed by atoms with van der Waals surface area (Å²) < 4.78 is 17.6. The van der Waals surface area contributed by atoms with E-state index >= 15 is 0 Å². The first-order chi connectivity index (χ1) is 24.8. The summed E-state index contributed by atoms with van der Waals surface area (Å²) in [5.41, 5.74) is 4.13. The summed E-state index contributed by atoms with van der Waals surface area (Å²) in [5, 5.41) is 6.49. The van der Waals surface area contributed by atoms with Crippen LogP contribution in [0.2, 0.25) is 5.02 Å². The molecule has 4 aromatic rings. The Morgan fingerprint density at radius 1 is 0.941 bits per heavy atom. The van der Waals surface area contributed by atoms with Gasteiger partial charge in [-0.15, -0.1) is 0 Å². The number of carbonyl (C=O) groups excluding carboxylic acids is 2. The van der Waals surface area contributed by atoms with Crippen molar-refractivity contribution in [1.29, 1.82) is 0 Å². The average Bonchev–Trinajstić information content (AvgIpc) is 3.14. The van der Waals surface area contributed by atoms with Crippen LogP contribution < -0.4 is 20.1 Å². The zero-order valence-corrected chi connectivity index (χ0v) is 30.0. The molecule has 0 unspecified atom stereocenters. The van der Waals surface area contributed by atoms with Gasteiger partial charge < -0.3 is 34.6 Å². The third-order valence-corrected chi connectivity index (χ3v) is 9.36. The number of halogens is 1. The lowest BCUT2D eigenvalue weighted by atomic mass is 10.1. The number of nitrogens with one attached hydrogen (secondary N) is 2. The first kappa shape index (κ1) is 36.1. The largest absolute Gasteiger partial charge is 0.493 e. The van der Waals surface area contributed by atoms with Crippen LogP contribution in [-0.4, -0.2) is 84.1 Å². The maximum absolute atomic E-state index is 13.7. The van der Waals surface area contributed by atoms with Crippen LogP contribution in [0.3, 0.4) is 0 Å². The van der Waals surface area contributed by atoms with Gasteiger partial charge >= 0.3 is 0 Å². The molecule has 0 radical (unpaired) electrons. The summed E-state index contributed by atoms with van der Waals surface area (Å²) in [7, 11) is 0. The lowest BCUT2D eigenvalue weighted by molar-refractivity contribution is -0.134. The monoisotopic (exact) mass is 712 g/mol. The number of anilines is 3. The van der Waals surface area contributed by atoms with Gasteiger partial charge in [0.1, 0.15) is 17.1 Å². The Balaban J connectivity index is 1.18. The number of hydrogen-bond donors (Lipinski definition) is 2. The van der Waals surface area contributed by atoms with Gasteiger partial charge in [0.05, 0.1) is 31.3 Å². The van der Waals surface area contributed by atoms with Crippen LogP contribution in [0.25, 0.3) is 0 Å². The molecule has 51 heavy (non-hydrogen) atoms. The van der Waals surface area contributed by atoms with E-state index in [1.807, 2.05) is 56.3 Å². The highest BCUT2D eigenvalue weighted by Gasteiger charge is 2.21. The van der Waals surface area contributed by atoms with Gasteiger partial charge in [-0.05, 0) is 87.2 Å². The van der Waals surface area contributed by atoms with Gasteiger partial charge in [-0.25, -0.2) is 4.98 Å². The van der Waals surface area contributed by atoms with Crippen molar-refractivity contribution in [2.45, 2.75) is 46.0 Å². The van der Waals surface area contributed by atoms with Crippen molar-refractivity contribution in [2.24, 2.45) is 0 Å². The van der Waals surface area contributed by atoms with Gasteiger partial charge in [0.25, 0.3) is 5.91 Å². The highest BCUT2D eigenvalue weighted by Crippen LogP contribution is 2.33. The Labute approximate surface area is 304 Å². The molecule has 268 valence electrons. The lowest BCUT2D eigenvalue weighted by Gasteiger charge is -2.26. The number of aromatic nitrogens is 2. The minimum absolute atomic E-state index is 0.00642. The summed E-state index contributed by atoms with van der Waals surface area (Å²) in [5.74, 6) is 0.827. The van der Waals surface area contributed by atoms with Crippen LogP contribution in [0.4, 0.5) is 17.3 Å².